The molecule has 70 valence electrons. The summed E-state index contributed by atoms with van der Waals surface area (Å²) < 4.78 is 0. The third-order valence-corrected chi connectivity index (χ3v) is 1.85. The van der Waals surface area contributed by atoms with Gasteiger partial charge in [-0.2, -0.15) is 0 Å². The van der Waals surface area contributed by atoms with Gasteiger partial charge in [-0.05, 0) is 24.3 Å². The molecule has 0 aromatic carbocycles. The Morgan fingerprint density at radius 2 is 1.79 bits per heavy atom. The SMILES string of the molecule is Nc1ccc(-c2cccc(N)n2)cn1. The standard InChI is InChI=1S/C10H10N4/c11-9-5-4-7(6-13-9)8-2-1-3-10(12)14-8/h1-6H,(H2,11,13)(H2,12,14). The average molecular weight is 186 g/mol. The van der Waals surface area contributed by atoms with Gasteiger partial charge in [0.05, 0.1) is 5.69 Å². The molecule has 2 aromatic heterocycles. The van der Waals surface area contributed by atoms with E-state index in [2.05, 4.69) is 9.97 Å². The first-order chi connectivity index (χ1) is 6.75. The van der Waals surface area contributed by atoms with Crippen LogP contribution in [0, 0.1) is 0 Å². The smallest absolute Gasteiger partial charge is 0.124 e. The summed E-state index contributed by atoms with van der Waals surface area (Å²) in [6, 6.07) is 9.08. The average Bonchev–Trinajstić information content (AvgIpc) is 2.19. The van der Waals surface area contributed by atoms with Gasteiger partial charge in [0.25, 0.3) is 0 Å². The molecule has 4 nitrogen and oxygen atoms in total. The minimum atomic E-state index is 0.498. The maximum Gasteiger partial charge on any atom is 0.124 e. The van der Waals surface area contributed by atoms with Crippen LogP contribution in [0.3, 0.4) is 0 Å². The number of hydrogen-bond donors (Lipinski definition) is 2. The summed E-state index contributed by atoms with van der Waals surface area (Å²) in [5.74, 6) is 0.997. The molecule has 0 aliphatic carbocycles. The van der Waals surface area contributed by atoms with Crippen LogP contribution in [0.5, 0.6) is 0 Å². The normalized spacial score (nSPS) is 10.0. The minimum absolute atomic E-state index is 0.498. The molecule has 2 heterocycles. The van der Waals surface area contributed by atoms with Gasteiger partial charge in [0.1, 0.15) is 11.6 Å². The van der Waals surface area contributed by atoms with Crippen LogP contribution >= 0.6 is 0 Å². The molecular formula is C10H10N4. The van der Waals surface area contributed by atoms with Crippen molar-refractivity contribution in [1.29, 1.82) is 0 Å². The molecule has 0 fully saturated rings. The summed E-state index contributed by atoms with van der Waals surface area (Å²) in [7, 11) is 0. The van der Waals surface area contributed by atoms with Gasteiger partial charge in [-0.15, -0.1) is 0 Å². The van der Waals surface area contributed by atoms with Crippen LogP contribution in [0.2, 0.25) is 0 Å². The maximum atomic E-state index is 5.57. The monoisotopic (exact) mass is 186 g/mol. The van der Waals surface area contributed by atoms with E-state index in [0.717, 1.165) is 11.3 Å². The number of aromatic nitrogens is 2. The molecule has 0 aliphatic rings. The van der Waals surface area contributed by atoms with E-state index in [9.17, 15) is 0 Å². The second-order valence-corrected chi connectivity index (χ2v) is 2.92. The van der Waals surface area contributed by atoms with E-state index in [4.69, 9.17) is 11.5 Å². The predicted molar refractivity (Wildman–Crippen MR) is 56.3 cm³/mol. The van der Waals surface area contributed by atoms with Crippen LogP contribution < -0.4 is 11.5 Å². The van der Waals surface area contributed by atoms with Crippen LogP contribution in [0.25, 0.3) is 11.3 Å². The highest BCUT2D eigenvalue weighted by atomic mass is 14.8. The van der Waals surface area contributed by atoms with Gasteiger partial charge >= 0.3 is 0 Å². The lowest BCUT2D eigenvalue weighted by Gasteiger charge is -2.01. The first-order valence-corrected chi connectivity index (χ1v) is 4.20. The Morgan fingerprint density at radius 1 is 0.929 bits per heavy atom. The molecule has 0 unspecified atom stereocenters. The Morgan fingerprint density at radius 3 is 2.43 bits per heavy atom. The number of nitrogen functional groups attached to an aromatic ring is 2. The summed E-state index contributed by atoms with van der Waals surface area (Å²) in [5, 5.41) is 0. The third kappa shape index (κ3) is 1.64. The summed E-state index contributed by atoms with van der Waals surface area (Å²) in [5.41, 5.74) is 12.8. The molecule has 2 aromatic rings. The van der Waals surface area contributed by atoms with E-state index >= 15 is 0 Å². The van der Waals surface area contributed by atoms with Gasteiger partial charge in [-0.3, -0.25) is 0 Å². The number of hydrogen-bond acceptors (Lipinski definition) is 4. The first kappa shape index (κ1) is 8.50. The first-order valence-electron chi connectivity index (χ1n) is 4.20. The lowest BCUT2D eigenvalue weighted by atomic mass is 10.2. The van der Waals surface area contributed by atoms with Gasteiger partial charge in [-0.25, -0.2) is 9.97 Å². The number of rotatable bonds is 1. The lowest BCUT2D eigenvalue weighted by molar-refractivity contribution is 1.29. The Bertz CT molecular complexity index is 436. The Kier molecular flexibility index (Phi) is 2.02. The van der Waals surface area contributed by atoms with Crippen molar-refractivity contribution in [1.82, 2.24) is 9.97 Å². The fourth-order valence-electron chi connectivity index (χ4n) is 1.17. The molecule has 0 saturated carbocycles. The van der Waals surface area contributed by atoms with Crippen molar-refractivity contribution in [2.75, 3.05) is 11.5 Å². The summed E-state index contributed by atoms with van der Waals surface area (Å²) in [6.45, 7) is 0. The minimum Gasteiger partial charge on any atom is -0.384 e. The number of pyridine rings is 2. The van der Waals surface area contributed by atoms with E-state index < -0.39 is 0 Å². The van der Waals surface area contributed by atoms with E-state index in [1.54, 1.807) is 18.3 Å². The summed E-state index contributed by atoms with van der Waals surface area (Å²) in [6.07, 6.45) is 1.68. The van der Waals surface area contributed by atoms with Crippen molar-refractivity contribution < 1.29 is 0 Å². The number of nitrogens with two attached hydrogens (primary N) is 2. The zero-order valence-electron chi connectivity index (χ0n) is 7.51. The molecule has 0 saturated heterocycles. The molecule has 14 heavy (non-hydrogen) atoms. The third-order valence-electron chi connectivity index (χ3n) is 1.85. The van der Waals surface area contributed by atoms with Crippen molar-refractivity contribution in [2.45, 2.75) is 0 Å². The summed E-state index contributed by atoms with van der Waals surface area (Å²) in [4.78, 5) is 8.15. The fourth-order valence-corrected chi connectivity index (χ4v) is 1.17. The maximum absolute atomic E-state index is 5.57. The Balaban J connectivity index is 2.44. The van der Waals surface area contributed by atoms with E-state index in [1.165, 1.54) is 0 Å². The highest BCUT2D eigenvalue weighted by Gasteiger charge is 1.99. The molecule has 0 bridgehead atoms. The molecule has 4 heteroatoms. The molecule has 0 spiro atoms. The molecular weight excluding hydrogens is 176 g/mol. The van der Waals surface area contributed by atoms with Gasteiger partial charge in [-0.1, -0.05) is 6.07 Å². The Labute approximate surface area is 81.6 Å². The van der Waals surface area contributed by atoms with Gasteiger partial charge in [0.15, 0.2) is 0 Å². The largest absolute Gasteiger partial charge is 0.384 e. The van der Waals surface area contributed by atoms with Gasteiger partial charge < -0.3 is 11.5 Å². The quantitative estimate of drug-likeness (QED) is 0.703. The van der Waals surface area contributed by atoms with Gasteiger partial charge in [0, 0.05) is 11.8 Å². The van der Waals surface area contributed by atoms with Crippen molar-refractivity contribution >= 4 is 11.6 Å². The second-order valence-electron chi connectivity index (χ2n) is 2.92. The molecule has 0 radical (unpaired) electrons. The van der Waals surface area contributed by atoms with E-state index in [-0.39, 0.29) is 0 Å². The van der Waals surface area contributed by atoms with Crippen molar-refractivity contribution in [3.63, 3.8) is 0 Å². The van der Waals surface area contributed by atoms with Crippen molar-refractivity contribution in [3.05, 3.63) is 36.5 Å². The second kappa shape index (κ2) is 3.33. The summed E-state index contributed by atoms with van der Waals surface area (Å²) >= 11 is 0. The highest BCUT2D eigenvalue weighted by molar-refractivity contribution is 5.60. The van der Waals surface area contributed by atoms with E-state index in [0.29, 0.717) is 11.6 Å². The van der Waals surface area contributed by atoms with E-state index in [1.807, 2.05) is 18.2 Å². The molecule has 4 N–H and O–H groups in total. The Hall–Kier alpha value is -2.10. The lowest BCUT2D eigenvalue weighted by Crippen LogP contribution is -1.93. The predicted octanol–water partition coefficient (Wildman–Crippen LogP) is 1.31. The molecule has 2 rings (SSSR count). The van der Waals surface area contributed by atoms with Crippen LogP contribution in [0.15, 0.2) is 36.5 Å². The molecule has 0 aliphatic heterocycles. The van der Waals surface area contributed by atoms with Crippen LogP contribution in [-0.2, 0) is 0 Å². The highest BCUT2D eigenvalue weighted by Crippen LogP contribution is 2.17. The molecule has 0 atom stereocenters. The number of nitrogens with zero attached hydrogens (tertiary/aromatic N) is 2. The van der Waals surface area contributed by atoms with Gasteiger partial charge in [0.2, 0.25) is 0 Å². The zero-order valence-corrected chi connectivity index (χ0v) is 7.51. The van der Waals surface area contributed by atoms with Crippen LogP contribution in [-0.4, -0.2) is 9.97 Å². The van der Waals surface area contributed by atoms with Crippen molar-refractivity contribution in [2.24, 2.45) is 0 Å². The van der Waals surface area contributed by atoms with Crippen molar-refractivity contribution in [3.8, 4) is 11.3 Å². The molecule has 0 amide bonds. The zero-order chi connectivity index (χ0) is 9.97. The van der Waals surface area contributed by atoms with Crippen LogP contribution in [0.4, 0.5) is 11.6 Å². The topological polar surface area (TPSA) is 77.8 Å². The van der Waals surface area contributed by atoms with Crippen LogP contribution in [0.1, 0.15) is 0 Å². The number of anilines is 2. The fraction of sp³-hybridized carbons (Fsp3) is 0.